The molecular formula is C22H20N2O5. The number of ether oxygens (including phenoxy) is 1. The summed E-state index contributed by atoms with van der Waals surface area (Å²) < 4.78 is 5.09. The van der Waals surface area contributed by atoms with Crippen LogP contribution in [0.3, 0.4) is 0 Å². The maximum Gasteiger partial charge on any atom is 0.407 e. The molecule has 2 heterocycles. The zero-order chi connectivity index (χ0) is 20.0. The van der Waals surface area contributed by atoms with Crippen molar-refractivity contribution in [2.24, 2.45) is 0 Å². The van der Waals surface area contributed by atoms with Crippen molar-refractivity contribution in [3.05, 3.63) is 70.8 Å². The Kier molecular flexibility index (Phi) is 4.13. The van der Waals surface area contributed by atoms with Crippen molar-refractivity contribution in [3.63, 3.8) is 0 Å². The summed E-state index contributed by atoms with van der Waals surface area (Å²) in [6.45, 7) is 0.568. The van der Waals surface area contributed by atoms with Crippen molar-refractivity contribution in [1.29, 1.82) is 0 Å². The summed E-state index contributed by atoms with van der Waals surface area (Å²) >= 11 is 0. The van der Waals surface area contributed by atoms with Gasteiger partial charge in [-0.3, -0.25) is 14.4 Å². The first-order valence-corrected chi connectivity index (χ1v) is 9.69. The fraction of sp³-hybridized carbons (Fsp3) is 0.318. The average molecular weight is 392 g/mol. The molecule has 29 heavy (non-hydrogen) atoms. The predicted octanol–water partition coefficient (Wildman–Crippen LogP) is 3.16. The zero-order valence-corrected chi connectivity index (χ0v) is 15.7. The zero-order valence-electron chi connectivity index (χ0n) is 15.7. The molecule has 3 aliphatic rings. The molecule has 1 saturated carbocycles. The van der Waals surface area contributed by atoms with E-state index in [0.717, 1.165) is 29.9 Å². The van der Waals surface area contributed by atoms with E-state index < -0.39 is 11.8 Å². The van der Waals surface area contributed by atoms with Gasteiger partial charge >= 0.3 is 6.09 Å². The fourth-order valence-electron chi connectivity index (χ4n) is 4.46. The van der Waals surface area contributed by atoms with Crippen LogP contribution in [0.25, 0.3) is 0 Å². The number of carbonyl (C=O) groups is 3. The van der Waals surface area contributed by atoms with Crippen LogP contribution in [0.4, 0.5) is 4.79 Å². The molecule has 0 radical (unpaired) electrons. The van der Waals surface area contributed by atoms with Gasteiger partial charge in [0.15, 0.2) is 0 Å². The molecule has 1 spiro atoms. The van der Waals surface area contributed by atoms with Crippen LogP contribution in [0.15, 0.2) is 48.5 Å². The molecule has 1 N–H and O–H groups in total. The third-order valence-corrected chi connectivity index (χ3v) is 6.02. The number of benzene rings is 2. The lowest BCUT2D eigenvalue weighted by molar-refractivity contribution is -0.101. The summed E-state index contributed by atoms with van der Waals surface area (Å²) in [7, 11) is 0. The monoisotopic (exact) mass is 392 g/mol. The maximum absolute atomic E-state index is 12.3. The Morgan fingerprint density at radius 3 is 2.34 bits per heavy atom. The number of cyclic esters (lactones) is 1. The van der Waals surface area contributed by atoms with E-state index in [2.05, 4.69) is 5.32 Å². The van der Waals surface area contributed by atoms with Gasteiger partial charge in [-0.25, -0.2) is 4.79 Å². The van der Waals surface area contributed by atoms with Gasteiger partial charge in [-0.2, -0.15) is 0 Å². The van der Waals surface area contributed by atoms with E-state index >= 15 is 0 Å². The molecule has 0 bridgehead atoms. The molecule has 2 aromatic rings. The van der Waals surface area contributed by atoms with E-state index in [1.807, 2.05) is 24.3 Å². The normalized spacial score (nSPS) is 25.4. The van der Waals surface area contributed by atoms with E-state index in [4.69, 9.17) is 9.57 Å². The molecule has 0 unspecified atom stereocenters. The van der Waals surface area contributed by atoms with Gasteiger partial charge in [0.05, 0.1) is 16.7 Å². The van der Waals surface area contributed by atoms with Crippen LogP contribution in [0.5, 0.6) is 0 Å². The van der Waals surface area contributed by atoms with Gasteiger partial charge in [0, 0.05) is 0 Å². The largest absolute Gasteiger partial charge is 0.447 e. The molecule has 2 aliphatic heterocycles. The molecule has 3 amide bonds. The second-order valence-corrected chi connectivity index (χ2v) is 7.89. The van der Waals surface area contributed by atoms with Crippen LogP contribution in [0.2, 0.25) is 0 Å². The number of alkyl carbamates (subject to hydrolysis) is 1. The van der Waals surface area contributed by atoms with Gasteiger partial charge in [0.25, 0.3) is 11.8 Å². The Balaban J connectivity index is 1.22. The Labute approximate surface area is 167 Å². The van der Waals surface area contributed by atoms with Gasteiger partial charge < -0.3 is 10.1 Å². The van der Waals surface area contributed by atoms with E-state index in [9.17, 15) is 14.4 Å². The number of carbonyl (C=O) groups excluding carboxylic acids is 3. The van der Waals surface area contributed by atoms with Crippen LogP contribution in [-0.2, 0) is 16.2 Å². The molecule has 148 valence electrons. The molecule has 1 aliphatic carbocycles. The first-order chi connectivity index (χ1) is 14.0. The summed E-state index contributed by atoms with van der Waals surface area (Å²) in [5.74, 6) is -0.498. The summed E-state index contributed by atoms with van der Waals surface area (Å²) in [5.41, 5.74) is 2.58. The van der Waals surface area contributed by atoms with Crippen LogP contribution in [-0.4, -0.2) is 35.1 Å². The number of fused-ring (bicyclic) bond motifs is 1. The molecular weight excluding hydrogens is 372 g/mol. The van der Waals surface area contributed by atoms with Crippen LogP contribution >= 0.6 is 0 Å². The highest BCUT2D eigenvalue weighted by Gasteiger charge is 2.45. The number of rotatable bonds is 4. The molecule has 2 atom stereocenters. The van der Waals surface area contributed by atoms with Crippen LogP contribution in [0.1, 0.15) is 57.0 Å². The van der Waals surface area contributed by atoms with E-state index in [1.165, 1.54) is 5.56 Å². The fourth-order valence-corrected chi connectivity index (χ4v) is 4.46. The molecule has 7 nitrogen and oxygen atoms in total. The van der Waals surface area contributed by atoms with E-state index in [-0.39, 0.29) is 18.2 Å². The number of hydrogen-bond donors (Lipinski definition) is 1. The Hall–Kier alpha value is -3.19. The predicted molar refractivity (Wildman–Crippen MR) is 102 cm³/mol. The lowest BCUT2D eigenvalue weighted by Gasteiger charge is -2.20. The second kappa shape index (κ2) is 6.70. The highest BCUT2D eigenvalue weighted by atomic mass is 16.7. The SMILES string of the molecule is O=C1N[C@@]2(CC[C@H](c3ccc(CON4C(=O)c5ccccc5C4=O)cc3)C2)CO1. The van der Waals surface area contributed by atoms with E-state index in [0.29, 0.717) is 23.7 Å². The van der Waals surface area contributed by atoms with Crippen LogP contribution < -0.4 is 5.32 Å². The third kappa shape index (κ3) is 3.07. The number of nitrogens with one attached hydrogen (secondary N) is 1. The molecule has 2 fully saturated rings. The number of nitrogens with zero attached hydrogens (tertiary/aromatic N) is 1. The first kappa shape index (κ1) is 17.9. The Morgan fingerprint density at radius 1 is 1.03 bits per heavy atom. The lowest BCUT2D eigenvalue weighted by Crippen LogP contribution is -2.40. The topological polar surface area (TPSA) is 84.9 Å². The third-order valence-electron chi connectivity index (χ3n) is 6.02. The van der Waals surface area contributed by atoms with Crippen molar-refractivity contribution in [1.82, 2.24) is 10.4 Å². The number of amides is 3. The lowest BCUT2D eigenvalue weighted by atomic mass is 9.93. The molecule has 0 aromatic heterocycles. The minimum absolute atomic E-state index is 0.129. The number of imide groups is 1. The van der Waals surface area contributed by atoms with Gasteiger partial charge in [-0.15, -0.1) is 5.06 Å². The summed E-state index contributed by atoms with van der Waals surface area (Å²) in [6, 6.07) is 14.7. The van der Waals surface area contributed by atoms with Crippen LogP contribution in [0, 0.1) is 0 Å². The van der Waals surface area contributed by atoms with Crippen molar-refractivity contribution >= 4 is 17.9 Å². The Morgan fingerprint density at radius 2 is 1.72 bits per heavy atom. The molecule has 7 heteroatoms. The second-order valence-electron chi connectivity index (χ2n) is 7.89. The average Bonchev–Trinajstić information content (AvgIpc) is 3.39. The molecule has 5 rings (SSSR count). The summed E-state index contributed by atoms with van der Waals surface area (Å²) in [6.07, 6.45) is 2.44. The minimum atomic E-state index is -0.431. The Bertz CT molecular complexity index is 968. The van der Waals surface area contributed by atoms with Gasteiger partial charge in [-0.05, 0) is 48.4 Å². The highest BCUT2D eigenvalue weighted by Crippen LogP contribution is 2.42. The minimum Gasteiger partial charge on any atom is -0.447 e. The van der Waals surface area contributed by atoms with Crippen molar-refractivity contribution in [2.45, 2.75) is 37.3 Å². The summed E-state index contributed by atoms with van der Waals surface area (Å²) in [5, 5.41) is 3.79. The number of hydrogen-bond acceptors (Lipinski definition) is 5. The smallest absolute Gasteiger partial charge is 0.407 e. The number of hydroxylamine groups is 2. The summed E-state index contributed by atoms with van der Waals surface area (Å²) in [4.78, 5) is 41.6. The van der Waals surface area contributed by atoms with E-state index in [1.54, 1.807) is 24.3 Å². The standard InChI is InChI=1S/C22H20N2O5/c25-19-17-3-1-2-4-18(17)20(26)24(19)29-12-14-5-7-15(8-6-14)16-9-10-22(11-16)13-28-21(27)23-22/h1-8,16H,9-13H2,(H,23,27)/t16-,22+/m0/s1. The van der Waals surface area contributed by atoms with Crippen molar-refractivity contribution in [2.75, 3.05) is 6.61 Å². The van der Waals surface area contributed by atoms with Gasteiger partial charge in [0.1, 0.15) is 13.2 Å². The van der Waals surface area contributed by atoms with Gasteiger partial charge in [-0.1, -0.05) is 36.4 Å². The first-order valence-electron chi connectivity index (χ1n) is 9.69. The van der Waals surface area contributed by atoms with Crippen molar-refractivity contribution in [3.8, 4) is 0 Å². The van der Waals surface area contributed by atoms with Gasteiger partial charge in [0.2, 0.25) is 0 Å². The highest BCUT2D eigenvalue weighted by molar-refractivity contribution is 6.20. The molecule has 1 saturated heterocycles. The quantitative estimate of drug-likeness (QED) is 0.808. The maximum atomic E-state index is 12.3. The van der Waals surface area contributed by atoms with Crippen molar-refractivity contribution < 1.29 is 24.0 Å². The molecule has 2 aromatic carbocycles.